The van der Waals surface area contributed by atoms with Crippen molar-refractivity contribution in [2.24, 2.45) is 0 Å². The summed E-state index contributed by atoms with van der Waals surface area (Å²) in [6, 6.07) is 1.56. The lowest BCUT2D eigenvalue weighted by Crippen LogP contribution is -2.09. The normalized spacial score (nSPS) is 11.2. The number of rotatable bonds is 6. The summed E-state index contributed by atoms with van der Waals surface area (Å²) in [7, 11) is 0. The lowest BCUT2D eigenvalue weighted by molar-refractivity contribution is -0.155. The van der Waals surface area contributed by atoms with E-state index in [0.717, 1.165) is 0 Å². The summed E-state index contributed by atoms with van der Waals surface area (Å²) in [6.07, 6.45) is 0.763. The van der Waals surface area contributed by atoms with E-state index in [9.17, 15) is 0 Å². The molecular formula is C12H13Cl2N3O3. The van der Waals surface area contributed by atoms with Gasteiger partial charge in [0.2, 0.25) is 12.1 Å². The summed E-state index contributed by atoms with van der Waals surface area (Å²) in [5, 5.41) is 4.60. The van der Waals surface area contributed by atoms with Gasteiger partial charge < -0.3 is 14.0 Å². The van der Waals surface area contributed by atoms with Crippen molar-refractivity contribution < 1.29 is 14.0 Å². The number of pyridine rings is 1. The maximum atomic E-state index is 6.04. The zero-order chi connectivity index (χ0) is 14.5. The van der Waals surface area contributed by atoms with Gasteiger partial charge >= 0.3 is 0 Å². The minimum Gasteiger partial charge on any atom is -0.345 e. The van der Waals surface area contributed by atoms with E-state index >= 15 is 0 Å². The van der Waals surface area contributed by atoms with E-state index in [-0.39, 0.29) is 11.7 Å². The third-order valence-corrected chi connectivity index (χ3v) is 2.79. The van der Waals surface area contributed by atoms with Crippen LogP contribution in [0.15, 0.2) is 16.8 Å². The lowest BCUT2D eigenvalue weighted by Gasteiger charge is -2.11. The van der Waals surface area contributed by atoms with Crippen LogP contribution in [0.2, 0.25) is 10.0 Å². The monoisotopic (exact) mass is 317 g/mol. The molecule has 0 radical (unpaired) electrons. The number of nitrogens with zero attached hydrogens (tertiary/aromatic N) is 3. The van der Waals surface area contributed by atoms with E-state index in [1.54, 1.807) is 6.07 Å². The van der Waals surface area contributed by atoms with Crippen LogP contribution in [0.4, 0.5) is 0 Å². The van der Waals surface area contributed by atoms with Gasteiger partial charge in [-0.3, -0.25) is 0 Å². The molecule has 0 saturated carbocycles. The molecule has 0 aliphatic rings. The molecule has 0 saturated heterocycles. The number of hydrogen-bond donors (Lipinski definition) is 0. The molecule has 2 aromatic rings. The van der Waals surface area contributed by atoms with Crippen LogP contribution >= 0.6 is 23.2 Å². The Labute approximate surface area is 126 Å². The Bertz CT molecular complexity index is 571. The van der Waals surface area contributed by atoms with Crippen molar-refractivity contribution in [3.63, 3.8) is 0 Å². The molecule has 0 bridgehead atoms. The van der Waals surface area contributed by atoms with Crippen molar-refractivity contribution >= 4 is 23.2 Å². The van der Waals surface area contributed by atoms with Crippen molar-refractivity contribution in [3.8, 4) is 11.5 Å². The van der Waals surface area contributed by atoms with E-state index in [2.05, 4.69) is 15.1 Å². The largest absolute Gasteiger partial charge is 0.345 e. The predicted octanol–water partition coefficient (Wildman–Crippen LogP) is 3.51. The van der Waals surface area contributed by atoms with Gasteiger partial charge in [0, 0.05) is 19.4 Å². The van der Waals surface area contributed by atoms with Crippen LogP contribution in [0, 0.1) is 0 Å². The standard InChI is InChI=1S/C12H13Cl2N3O3/c1-3-18-12(19-4-2)11-16-10(17-20-11)9-8(14)5-7(13)6-15-9/h5-6,12H,3-4H2,1-2H3. The van der Waals surface area contributed by atoms with E-state index < -0.39 is 6.29 Å². The van der Waals surface area contributed by atoms with Crippen LogP contribution in [0.25, 0.3) is 11.5 Å². The Morgan fingerprint density at radius 1 is 1.25 bits per heavy atom. The van der Waals surface area contributed by atoms with Crippen LogP contribution in [0.5, 0.6) is 0 Å². The zero-order valence-electron chi connectivity index (χ0n) is 11.0. The molecule has 0 atom stereocenters. The van der Waals surface area contributed by atoms with Crippen molar-refractivity contribution in [1.82, 2.24) is 15.1 Å². The highest BCUT2D eigenvalue weighted by Gasteiger charge is 2.21. The van der Waals surface area contributed by atoms with Crippen LogP contribution < -0.4 is 0 Å². The van der Waals surface area contributed by atoms with Crippen LogP contribution in [0.3, 0.4) is 0 Å². The molecule has 0 unspecified atom stereocenters. The SMILES string of the molecule is CCOC(OCC)c1nc(-c2ncc(Cl)cc2Cl)no1. The Morgan fingerprint density at radius 3 is 2.55 bits per heavy atom. The Hall–Kier alpha value is -1.21. The Kier molecular flexibility index (Phi) is 5.31. The second-order valence-electron chi connectivity index (χ2n) is 3.68. The molecule has 6 nitrogen and oxygen atoms in total. The average Bonchev–Trinajstić information content (AvgIpc) is 2.88. The number of ether oxygens (including phenoxy) is 2. The first-order valence-corrected chi connectivity index (χ1v) is 6.79. The highest BCUT2D eigenvalue weighted by Crippen LogP contribution is 2.27. The van der Waals surface area contributed by atoms with Crippen molar-refractivity contribution in [3.05, 3.63) is 28.2 Å². The van der Waals surface area contributed by atoms with E-state index in [1.165, 1.54) is 6.20 Å². The number of aromatic nitrogens is 3. The topological polar surface area (TPSA) is 70.3 Å². The first-order valence-electron chi connectivity index (χ1n) is 6.03. The molecular weight excluding hydrogens is 305 g/mol. The first kappa shape index (κ1) is 15.2. The first-order chi connectivity index (χ1) is 9.65. The van der Waals surface area contributed by atoms with Crippen molar-refractivity contribution in [1.29, 1.82) is 0 Å². The maximum absolute atomic E-state index is 6.04. The number of hydrogen-bond acceptors (Lipinski definition) is 6. The Balaban J connectivity index is 2.27. The second kappa shape index (κ2) is 6.99. The van der Waals surface area contributed by atoms with Gasteiger partial charge in [0.1, 0.15) is 5.69 Å². The fourth-order valence-corrected chi connectivity index (χ4v) is 1.96. The molecule has 0 N–H and O–H groups in total. The summed E-state index contributed by atoms with van der Waals surface area (Å²) in [5.41, 5.74) is 0.387. The van der Waals surface area contributed by atoms with E-state index in [1.807, 2.05) is 13.8 Å². The summed E-state index contributed by atoms with van der Waals surface area (Å²) >= 11 is 11.8. The third kappa shape index (κ3) is 3.46. The molecule has 0 spiro atoms. The molecule has 20 heavy (non-hydrogen) atoms. The molecule has 0 fully saturated rings. The summed E-state index contributed by atoms with van der Waals surface area (Å²) in [6.45, 7) is 4.62. The van der Waals surface area contributed by atoms with Gasteiger partial charge in [-0.15, -0.1) is 0 Å². The maximum Gasteiger partial charge on any atom is 0.284 e. The molecule has 2 rings (SSSR count). The summed E-state index contributed by atoms with van der Waals surface area (Å²) in [4.78, 5) is 8.27. The smallest absolute Gasteiger partial charge is 0.284 e. The fraction of sp³-hybridized carbons (Fsp3) is 0.417. The molecule has 0 amide bonds. The van der Waals surface area contributed by atoms with Crippen molar-refractivity contribution in [2.45, 2.75) is 20.1 Å². The quantitative estimate of drug-likeness (QED) is 0.759. The summed E-state index contributed by atoms with van der Waals surface area (Å²) in [5.74, 6) is 0.475. The highest BCUT2D eigenvalue weighted by atomic mass is 35.5. The molecule has 0 aliphatic heterocycles. The highest BCUT2D eigenvalue weighted by molar-refractivity contribution is 6.35. The predicted molar refractivity (Wildman–Crippen MR) is 73.5 cm³/mol. The van der Waals surface area contributed by atoms with Crippen LogP contribution in [-0.4, -0.2) is 28.3 Å². The van der Waals surface area contributed by atoms with Crippen molar-refractivity contribution in [2.75, 3.05) is 13.2 Å². The van der Waals surface area contributed by atoms with Gasteiger partial charge in [-0.1, -0.05) is 28.4 Å². The van der Waals surface area contributed by atoms with Gasteiger partial charge in [0.25, 0.3) is 5.89 Å². The minimum atomic E-state index is -0.697. The van der Waals surface area contributed by atoms with Gasteiger partial charge in [-0.25, -0.2) is 4.98 Å². The third-order valence-electron chi connectivity index (χ3n) is 2.30. The minimum absolute atomic E-state index is 0.219. The van der Waals surface area contributed by atoms with Crippen LogP contribution in [0.1, 0.15) is 26.0 Å². The summed E-state index contributed by atoms with van der Waals surface area (Å²) < 4.78 is 15.9. The average molecular weight is 318 g/mol. The van der Waals surface area contributed by atoms with Crippen LogP contribution in [-0.2, 0) is 9.47 Å². The van der Waals surface area contributed by atoms with Gasteiger partial charge in [0.05, 0.1) is 10.0 Å². The van der Waals surface area contributed by atoms with E-state index in [4.69, 9.17) is 37.2 Å². The number of halogens is 2. The molecule has 2 aromatic heterocycles. The molecule has 0 aliphatic carbocycles. The molecule has 8 heteroatoms. The van der Waals surface area contributed by atoms with E-state index in [0.29, 0.717) is 29.0 Å². The lowest BCUT2D eigenvalue weighted by atomic mass is 10.3. The second-order valence-corrected chi connectivity index (χ2v) is 4.53. The zero-order valence-corrected chi connectivity index (χ0v) is 12.5. The molecule has 108 valence electrons. The molecule has 2 heterocycles. The molecule has 0 aromatic carbocycles. The van der Waals surface area contributed by atoms with Gasteiger partial charge in [-0.2, -0.15) is 4.98 Å². The van der Waals surface area contributed by atoms with Gasteiger partial charge in [0.15, 0.2) is 0 Å². The Morgan fingerprint density at radius 2 is 1.95 bits per heavy atom. The fourth-order valence-electron chi connectivity index (χ4n) is 1.50. The van der Waals surface area contributed by atoms with Gasteiger partial charge in [-0.05, 0) is 19.9 Å².